The van der Waals surface area contributed by atoms with Crippen molar-refractivity contribution in [2.75, 3.05) is 19.3 Å². The number of nitrogens with zero attached hydrogens (tertiary/aromatic N) is 1. The number of aliphatic hydroxyl groups excluding tert-OH is 1. The molecule has 0 aliphatic heterocycles. The first kappa shape index (κ1) is 17.7. The molecular weight excluding hydrogens is 298 g/mol. The first-order valence-electron chi connectivity index (χ1n) is 8.66. The summed E-state index contributed by atoms with van der Waals surface area (Å²) >= 11 is 0. The fourth-order valence-electron chi connectivity index (χ4n) is 3.62. The fraction of sp³-hybridized carbons (Fsp3) is 0.938. The Morgan fingerprint density at radius 3 is 2.68 bits per heavy atom. The lowest BCUT2D eigenvalue weighted by molar-refractivity contribution is 0.134. The molecule has 0 radical (unpaired) electrons. The van der Waals surface area contributed by atoms with Gasteiger partial charge in [0.2, 0.25) is 0 Å². The fourth-order valence-corrected chi connectivity index (χ4v) is 4.97. The molecular formula is C16H31N3O2S. The molecule has 3 N–H and O–H groups in total. The summed E-state index contributed by atoms with van der Waals surface area (Å²) in [5.74, 6) is 1.90. The Morgan fingerprint density at radius 2 is 2.05 bits per heavy atom. The minimum absolute atomic E-state index is 0.170. The number of aliphatic imine (C=N–C) groups is 1. The average molecular weight is 330 g/mol. The molecule has 128 valence electrons. The molecule has 6 heteroatoms. The topological polar surface area (TPSA) is 73.7 Å². The van der Waals surface area contributed by atoms with Gasteiger partial charge >= 0.3 is 0 Å². The standard InChI is InChI=1S/C16H31N3O2S/c1-3-22(21)14-8-5-7-13(10-14)19-16(17-2)18-11-12-6-4-9-15(12)20/h12-15,20H,3-11H2,1-2H3,(H2,17,18,19). The maximum absolute atomic E-state index is 12.0. The van der Waals surface area contributed by atoms with Crippen LogP contribution in [0.25, 0.3) is 0 Å². The summed E-state index contributed by atoms with van der Waals surface area (Å²) in [6.07, 6.45) is 7.25. The Balaban J connectivity index is 1.78. The molecule has 5 nitrogen and oxygen atoms in total. The highest BCUT2D eigenvalue weighted by Gasteiger charge is 2.27. The molecule has 0 amide bonds. The molecule has 2 rings (SSSR count). The molecule has 0 heterocycles. The molecule has 2 saturated carbocycles. The second-order valence-electron chi connectivity index (χ2n) is 6.51. The Labute approximate surface area is 136 Å². The second kappa shape index (κ2) is 8.87. The summed E-state index contributed by atoms with van der Waals surface area (Å²) in [6.45, 7) is 2.78. The van der Waals surface area contributed by atoms with Crippen LogP contribution in [0.15, 0.2) is 4.99 Å². The highest BCUT2D eigenvalue weighted by molar-refractivity contribution is 7.85. The van der Waals surface area contributed by atoms with Crippen molar-refractivity contribution in [2.45, 2.75) is 69.3 Å². The van der Waals surface area contributed by atoms with Crippen LogP contribution in [0.1, 0.15) is 51.9 Å². The van der Waals surface area contributed by atoms with Crippen LogP contribution in [0.2, 0.25) is 0 Å². The van der Waals surface area contributed by atoms with E-state index in [-0.39, 0.29) is 6.10 Å². The van der Waals surface area contributed by atoms with Crippen LogP contribution in [0.5, 0.6) is 0 Å². The number of hydrogen-bond donors (Lipinski definition) is 3. The molecule has 22 heavy (non-hydrogen) atoms. The molecule has 0 bridgehead atoms. The van der Waals surface area contributed by atoms with Gasteiger partial charge in [-0.05, 0) is 32.1 Å². The zero-order valence-corrected chi connectivity index (χ0v) is 14.7. The lowest BCUT2D eigenvalue weighted by Crippen LogP contribution is -2.48. The Hall–Kier alpha value is -0.620. The van der Waals surface area contributed by atoms with E-state index in [1.165, 1.54) is 0 Å². The Kier molecular flexibility index (Phi) is 7.15. The van der Waals surface area contributed by atoms with Crippen molar-refractivity contribution in [3.63, 3.8) is 0 Å². The van der Waals surface area contributed by atoms with E-state index in [2.05, 4.69) is 15.6 Å². The van der Waals surface area contributed by atoms with Crippen molar-refractivity contribution in [3.05, 3.63) is 0 Å². The predicted octanol–water partition coefficient (Wildman–Crippen LogP) is 1.39. The first-order valence-corrected chi connectivity index (χ1v) is 10.0. The van der Waals surface area contributed by atoms with Crippen molar-refractivity contribution in [3.8, 4) is 0 Å². The Bertz CT molecular complexity index is 403. The van der Waals surface area contributed by atoms with Gasteiger partial charge in [-0.1, -0.05) is 19.8 Å². The summed E-state index contributed by atoms with van der Waals surface area (Å²) in [4.78, 5) is 4.30. The summed E-state index contributed by atoms with van der Waals surface area (Å²) in [5, 5.41) is 17.0. The molecule has 2 aliphatic carbocycles. The number of hydrogen-bond acceptors (Lipinski definition) is 3. The molecule has 2 fully saturated rings. The van der Waals surface area contributed by atoms with Crippen LogP contribution in [-0.4, -0.2) is 52.0 Å². The monoisotopic (exact) mass is 329 g/mol. The van der Waals surface area contributed by atoms with E-state index in [9.17, 15) is 9.32 Å². The highest BCUT2D eigenvalue weighted by Crippen LogP contribution is 2.25. The van der Waals surface area contributed by atoms with Gasteiger partial charge < -0.3 is 15.7 Å². The molecule has 5 atom stereocenters. The van der Waals surface area contributed by atoms with E-state index < -0.39 is 10.8 Å². The summed E-state index contributed by atoms with van der Waals surface area (Å²) in [7, 11) is 1.09. The van der Waals surface area contributed by atoms with Crippen LogP contribution in [-0.2, 0) is 10.8 Å². The van der Waals surface area contributed by atoms with E-state index in [4.69, 9.17) is 0 Å². The third-order valence-corrected chi connectivity index (χ3v) is 6.74. The third-order valence-electron chi connectivity index (χ3n) is 5.00. The van der Waals surface area contributed by atoms with Crippen LogP contribution in [0.4, 0.5) is 0 Å². The van der Waals surface area contributed by atoms with Gasteiger partial charge in [0.15, 0.2) is 5.96 Å². The average Bonchev–Trinajstić information content (AvgIpc) is 2.96. The van der Waals surface area contributed by atoms with Gasteiger partial charge in [0, 0.05) is 47.4 Å². The molecule has 0 aromatic heterocycles. The van der Waals surface area contributed by atoms with Crippen LogP contribution in [0, 0.1) is 5.92 Å². The quantitative estimate of drug-likeness (QED) is 0.526. The SMILES string of the molecule is CCS(=O)C1CCCC(NC(=NC)NCC2CCCC2O)C1. The maximum atomic E-state index is 12.0. The van der Waals surface area contributed by atoms with E-state index in [0.29, 0.717) is 17.2 Å². The first-order chi connectivity index (χ1) is 10.6. The van der Waals surface area contributed by atoms with Crippen LogP contribution < -0.4 is 10.6 Å². The van der Waals surface area contributed by atoms with E-state index >= 15 is 0 Å². The molecule has 0 spiro atoms. The minimum Gasteiger partial charge on any atom is -0.393 e. The smallest absolute Gasteiger partial charge is 0.191 e. The number of nitrogens with one attached hydrogen (secondary N) is 2. The van der Waals surface area contributed by atoms with Crippen molar-refractivity contribution in [1.82, 2.24) is 10.6 Å². The minimum atomic E-state index is -0.695. The number of guanidine groups is 1. The molecule has 2 aliphatic rings. The zero-order chi connectivity index (χ0) is 15.9. The highest BCUT2D eigenvalue weighted by atomic mass is 32.2. The summed E-state index contributed by atoms with van der Waals surface area (Å²) < 4.78 is 12.0. The zero-order valence-electron chi connectivity index (χ0n) is 13.9. The third kappa shape index (κ3) is 4.95. The Morgan fingerprint density at radius 1 is 1.27 bits per heavy atom. The van der Waals surface area contributed by atoms with Gasteiger partial charge in [-0.2, -0.15) is 0 Å². The van der Waals surface area contributed by atoms with Gasteiger partial charge in [0.1, 0.15) is 0 Å². The molecule has 0 aromatic carbocycles. The predicted molar refractivity (Wildman–Crippen MR) is 92.6 cm³/mol. The molecule has 0 aromatic rings. The molecule has 5 unspecified atom stereocenters. The summed E-state index contributed by atoms with van der Waals surface area (Å²) in [6, 6.07) is 0.356. The van der Waals surface area contributed by atoms with Crippen molar-refractivity contribution in [2.24, 2.45) is 10.9 Å². The van der Waals surface area contributed by atoms with Gasteiger partial charge in [-0.15, -0.1) is 0 Å². The summed E-state index contributed by atoms with van der Waals surface area (Å²) in [5.41, 5.74) is 0. The number of aliphatic hydroxyl groups is 1. The van der Waals surface area contributed by atoms with E-state index in [1.54, 1.807) is 7.05 Å². The molecule has 0 saturated heterocycles. The van der Waals surface area contributed by atoms with Crippen molar-refractivity contribution >= 4 is 16.8 Å². The van der Waals surface area contributed by atoms with E-state index in [1.807, 2.05) is 6.92 Å². The normalized spacial score (nSPS) is 34.4. The van der Waals surface area contributed by atoms with E-state index in [0.717, 1.165) is 63.2 Å². The van der Waals surface area contributed by atoms with Gasteiger partial charge in [-0.3, -0.25) is 9.20 Å². The lowest BCUT2D eigenvalue weighted by Gasteiger charge is -2.30. The second-order valence-corrected chi connectivity index (χ2v) is 8.52. The van der Waals surface area contributed by atoms with Gasteiger partial charge in [0.25, 0.3) is 0 Å². The van der Waals surface area contributed by atoms with Crippen LogP contribution in [0.3, 0.4) is 0 Å². The lowest BCUT2D eigenvalue weighted by atomic mass is 9.95. The number of rotatable bonds is 5. The van der Waals surface area contributed by atoms with Crippen molar-refractivity contribution < 1.29 is 9.32 Å². The van der Waals surface area contributed by atoms with Gasteiger partial charge in [0.05, 0.1) is 6.10 Å². The van der Waals surface area contributed by atoms with Gasteiger partial charge in [-0.25, -0.2) is 0 Å². The largest absolute Gasteiger partial charge is 0.393 e. The maximum Gasteiger partial charge on any atom is 0.191 e. The van der Waals surface area contributed by atoms with Crippen LogP contribution >= 0.6 is 0 Å². The van der Waals surface area contributed by atoms with Crippen molar-refractivity contribution in [1.29, 1.82) is 0 Å².